The summed E-state index contributed by atoms with van der Waals surface area (Å²) in [6.45, 7) is 4.52. The monoisotopic (exact) mass is 200 g/mol. The zero-order chi connectivity index (χ0) is 9.90. The summed E-state index contributed by atoms with van der Waals surface area (Å²) < 4.78 is 0. The third-order valence-corrected chi connectivity index (χ3v) is 2.18. The Kier molecular flexibility index (Phi) is 3.25. The van der Waals surface area contributed by atoms with Crippen LogP contribution >= 0.6 is 11.6 Å². The molecular formula is C9H13ClN2O. The van der Waals surface area contributed by atoms with Crippen molar-refractivity contribution in [2.24, 2.45) is 5.90 Å². The molecule has 13 heavy (non-hydrogen) atoms. The molecule has 0 unspecified atom stereocenters. The molecule has 0 aliphatic heterocycles. The van der Waals surface area contributed by atoms with E-state index in [9.17, 15) is 0 Å². The Bertz CT molecular complexity index is 271. The van der Waals surface area contributed by atoms with E-state index in [0.717, 1.165) is 5.56 Å². The molecule has 0 bridgehead atoms. The Morgan fingerprint density at radius 2 is 2.23 bits per heavy atom. The van der Waals surface area contributed by atoms with E-state index in [4.69, 9.17) is 17.5 Å². The van der Waals surface area contributed by atoms with Crippen molar-refractivity contribution in [2.75, 3.05) is 6.61 Å². The van der Waals surface area contributed by atoms with Gasteiger partial charge in [-0.25, -0.2) is 10.9 Å². The topological polar surface area (TPSA) is 48.1 Å². The minimum Gasteiger partial charge on any atom is -0.304 e. The van der Waals surface area contributed by atoms with Crippen molar-refractivity contribution in [2.45, 2.75) is 19.3 Å². The molecule has 1 rings (SSSR count). The maximum absolute atomic E-state index is 5.67. The lowest BCUT2D eigenvalue weighted by atomic mass is 9.87. The first kappa shape index (κ1) is 10.4. The molecule has 0 spiro atoms. The second kappa shape index (κ2) is 4.05. The van der Waals surface area contributed by atoms with Crippen LogP contribution in [-0.4, -0.2) is 11.6 Å². The number of hydrogen-bond acceptors (Lipinski definition) is 3. The molecule has 0 radical (unpaired) electrons. The van der Waals surface area contributed by atoms with Crippen molar-refractivity contribution in [3.8, 4) is 0 Å². The molecule has 0 aromatic carbocycles. The maximum Gasteiger partial charge on any atom is 0.129 e. The van der Waals surface area contributed by atoms with Crippen LogP contribution in [0.4, 0.5) is 0 Å². The van der Waals surface area contributed by atoms with Crippen molar-refractivity contribution < 1.29 is 4.84 Å². The van der Waals surface area contributed by atoms with Crippen molar-refractivity contribution in [1.29, 1.82) is 0 Å². The van der Waals surface area contributed by atoms with Crippen molar-refractivity contribution in [3.05, 3.63) is 29.0 Å². The number of rotatable bonds is 3. The maximum atomic E-state index is 5.67. The Morgan fingerprint density at radius 3 is 2.69 bits per heavy atom. The van der Waals surface area contributed by atoms with E-state index >= 15 is 0 Å². The Balaban J connectivity index is 2.87. The van der Waals surface area contributed by atoms with Crippen LogP contribution in [0, 0.1) is 0 Å². The van der Waals surface area contributed by atoms with E-state index in [1.807, 2.05) is 19.9 Å². The molecule has 1 heterocycles. The van der Waals surface area contributed by atoms with Crippen LogP contribution in [0.3, 0.4) is 0 Å². The number of nitrogens with zero attached hydrogens (tertiary/aromatic N) is 1. The highest BCUT2D eigenvalue weighted by Gasteiger charge is 2.20. The predicted molar refractivity (Wildman–Crippen MR) is 52.4 cm³/mol. The van der Waals surface area contributed by atoms with Gasteiger partial charge in [-0.15, -0.1) is 0 Å². The molecule has 4 heteroatoms. The summed E-state index contributed by atoms with van der Waals surface area (Å²) in [6, 6.07) is 3.68. The fourth-order valence-electron chi connectivity index (χ4n) is 1.07. The zero-order valence-electron chi connectivity index (χ0n) is 7.75. The van der Waals surface area contributed by atoms with Crippen LogP contribution in [-0.2, 0) is 10.3 Å². The SMILES string of the molecule is CC(C)(CON)c1ccc(Cl)nc1. The van der Waals surface area contributed by atoms with Gasteiger partial charge in [0.2, 0.25) is 0 Å². The summed E-state index contributed by atoms with van der Waals surface area (Å²) in [6.07, 6.45) is 1.74. The van der Waals surface area contributed by atoms with Crippen LogP contribution in [0.2, 0.25) is 5.15 Å². The van der Waals surface area contributed by atoms with Crippen LogP contribution in [0.5, 0.6) is 0 Å². The molecule has 72 valence electrons. The fraction of sp³-hybridized carbons (Fsp3) is 0.444. The lowest BCUT2D eigenvalue weighted by Gasteiger charge is -2.22. The van der Waals surface area contributed by atoms with E-state index in [1.54, 1.807) is 12.3 Å². The average molecular weight is 201 g/mol. The lowest BCUT2D eigenvalue weighted by Crippen LogP contribution is -2.26. The zero-order valence-corrected chi connectivity index (χ0v) is 8.51. The minimum absolute atomic E-state index is 0.133. The van der Waals surface area contributed by atoms with Gasteiger partial charge < -0.3 is 4.84 Å². The number of pyridine rings is 1. The highest BCUT2D eigenvalue weighted by Crippen LogP contribution is 2.22. The fourth-order valence-corrected chi connectivity index (χ4v) is 1.18. The highest BCUT2D eigenvalue weighted by atomic mass is 35.5. The van der Waals surface area contributed by atoms with Gasteiger partial charge in [0, 0.05) is 11.6 Å². The predicted octanol–water partition coefficient (Wildman–Crippen LogP) is 1.90. The van der Waals surface area contributed by atoms with E-state index < -0.39 is 0 Å². The number of hydrogen-bond donors (Lipinski definition) is 1. The van der Waals surface area contributed by atoms with E-state index in [2.05, 4.69) is 9.82 Å². The molecule has 3 nitrogen and oxygen atoms in total. The molecule has 0 atom stereocenters. The molecule has 0 fully saturated rings. The molecule has 1 aromatic rings. The summed E-state index contributed by atoms with van der Waals surface area (Å²) >= 11 is 5.67. The summed E-state index contributed by atoms with van der Waals surface area (Å²) in [4.78, 5) is 8.63. The standard InChI is InChI=1S/C9H13ClN2O/c1-9(2,6-13-11)7-3-4-8(10)12-5-7/h3-5H,6,11H2,1-2H3. The first-order chi connectivity index (χ1) is 6.06. The summed E-state index contributed by atoms with van der Waals surface area (Å²) in [5.41, 5.74) is 0.925. The van der Waals surface area contributed by atoms with Gasteiger partial charge in [0.1, 0.15) is 5.15 Å². The quantitative estimate of drug-likeness (QED) is 0.599. The highest BCUT2D eigenvalue weighted by molar-refractivity contribution is 6.29. The largest absolute Gasteiger partial charge is 0.304 e. The normalized spacial score (nSPS) is 11.7. The molecule has 0 amide bonds. The van der Waals surface area contributed by atoms with Crippen molar-refractivity contribution in [1.82, 2.24) is 4.98 Å². The molecule has 0 aliphatic carbocycles. The smallest absolute Gasteiger partial charge is 0.129 e. The number of aromatic nitrogens is 1. The molecular weight excluding hydrogens is 188 g/mol. The Hall–Kier alpha value is -0.640. The lowest BCUT2D eigenvalue weighted by molar-refractivity contribution is 0.0963. The van der Waals surface area contributed by atoms with Gasteiger partial charge in [-0.1, -0.05) is 31.5 Å². The van der Waals surface area contributed by atoms with Gasteiger partial charge in [0.25, 0.3) is 0 Å². The molecule has 0 aliphatic rings. The van der Waals surface area contributed by atoms with Gasteiger partial charge in [0.15, 0.2) is 0 Å². The van der Waals surface area contributed by atoms with Gasteiger partial charge in [-0.2, -0.15) is 0 Å². The first-order valence-corrected chi connectivity index (χ1v) is 4.38. The van der Waals surface area contributed by atoms with Gasteiger partial charge in [0.05, 0.1) is 6.61 Å². The van der Waals surface area contributed by atoms with Gasteiger partial charge in [-0.05, 0) is 11.6 Å². The Morgan fingerprint density at radius 1 is 1.54 bits per heavy atom. The van der Waals surface area contributed by atoms with E-state index in [-0.39, 0.29) is 5.41 Å². The van der Waals surface area contributed by atoms with Gasteiger partial charge in [-0.3, -0.25) is 0 Å². The van der Waals surface area contributed by atoms with Crippen LogP contribution in [0.1, 0.15) is 19.4 Å². The minimum atomic E-state index is -0.133. The second-order valence-electron chi connectivity index (χ2n) is 3.56. The van der Waals surface area contributed by atoms with E-state index in [1.165, 1.54) is 0 Å². The summed E-state index contributed by atoms with van der Waals surface area (Å²) in [5, 5.41) is 0.494. The van der Waals surface area contributed by atoms with Crippen LogP contribution in [0.15, 0.2) is 18.3 Å². The van der Waals surface area contributed by atoms with Crippen LogP contribution in [0.25, 0.3) is 0 Å². The molecule has 1 aromatic heterocycles. The molecule has 0 saturated carbocycles. The van der Waals surface area contributed by atoms with Crippen molar-refractivity contribution in [3.63, 3.8) is 0 Å². The van der Waals surface area contributed by atoms with Crippen LogP contribution < -0.4 is 5.90 Å². The molecule has 0 saturated heterocycles. The third-order valence-electron chi connectivity index (χ3n) is 1.95. The molecule has 2 N–H and O–H groups in total. The second-order valence-corrected chi connectivity index (χ2v) is 3.95. The number of halogens is 1. The first-order valence-electron chi connectivity index (χ1n) is 4.00. The van der Waals surface area contributed by atoms with E-state index in [0.29, 0.717) is 11.8 Å². The number of nitrogens with two attached hydrogens (primary N) is 1. The Labute approximate surface area is 82.8 Å². The third kappa shape index (κ3) is 2.66. The summed E-state index contributed by atoms with van der Waals surface area (Å²) in [5.74, 6) is 5.04. The average Bonchev–Trinajstić information content (AvgIpc) is 2.05. The van der Waals surface area contributed by atoms with Crippen molar-refractivity contribution >= 4 is 11.6 Å². The summed E-state index contributed by atoms with van der Waals surface area (Å²) in [7, 11) is 0. The van der Waals surface area contributed by atoms with Gasteiger partial charge >= 0.3 is 0 Å².